The number of fused-ring (bicyclic) bond motifs is 5. The molecular weight excluding hydrogens is 322 g/mol. The molecular formula is C17H15N5OS. The fraction of sp³-hybridized carbons (Fsp3) is 0.294. The van der Waals surface area contributed by atoms with E-state index in [4.69, 9.17) is 0 Å². The molecule has 5 rings (SSSR count). The van der Waals surface area contributed by atoms with Crippen LogP contribution in [-0.2, 0) is 12.8 Å². The van der Waals surface area contributed by atoms with Crippen molar-refractivity contribution >= 4 is 27.2 Å². The Morgan fingerprint density at radius 2 is 2.29 bits per heavy atom. The Balaban J connectivity index is 1.84. The summed E-state index contributed by atoms with van der Waals surface area (Å²) in [5.74, 6) is 1.17. The Bertz CT molecular complexity index is 1120. The summed E-state index contributed by atoms with van der Waals surface area (Å²) >= 11 is 1.69. The van der Waals surface area contributed by atoms with E-state index in [2.05, 4.69) is 27.0 Å². The van der Waals surface area contributed by atoms with Gasteiger partial charge in [-0.25, -0.2) is 9.78 Å². The summed E-state index contributed by atoms with van der Waals surface area (Å²) in [4.78, 5) is 26.6. The van der Waals surface area contributed by atoms with E-state index in [9.17, 15) is 4.79 Å². The normalized spacial score (nSPS) is 17.5. The van der Waals surface area contributed by atoms with Gasteiger partial charge in [0.2, 0.25) is 5.82 Å². The van der Waals surface area contributed by atoms with E-state index in [1.807, 2.05) is 18.2 Å². The topological polar surface area (TPSA) is 75.9 Å². The van der Waals surface area contributed by atoms with E-state index in [-0.39, 0.29) is 5.69 Å². The van der Waals surface area contributed by atoms with Gasteiger partial charge in [-0.15, -0.1) is 16.4 Å². The van der Waals surface area contributed by atoms with E-state index in [0.717, 1.165) is 23.1 Å². The average Bonchev–Trinajstić information content (AvgIpc) is 3.16. The molecule has 0 aromatic carbocycles. The van der Waals surface area contributed by atoms with Crippen molar-refractivity contribution in [3.8, 4) is 11.5 Å². The van der Waals surface area contributed by atoms with Crippen LogP contribution in [0.1, 0.15) is 23.8 Å². The largest absolute Gasteiger partial charge is 0.349 e. The SMILES string of the molecule is C[C@H]1CCc2c(sc3[nH]c(=O)n4nc(-c5ccccn5)nc4c23)C1. The minimum atomic E-state index is -0.251. The van der Waals surface area contributed by atoms with Gasteiger partial charge in [0.05, 0.1) is 5.39 Å². The Morgan fingerprint density at radius 1 is 1.38 bits per heavy atom. The van der Waals surface area contributed by atoms with E-state index in [1.165, 1.54) is 21.4 Å². The molecule has 1 aliphatic rings. The first-order valence-corrected chi connectivity index (χ1v) is 8.87. The second-order valence-corrected chi connectivity index (χ2v) is 7.48. The van der Waals surface area contributed by atoms with E-state index in [0.29, 0.717) is 23.1 Å². The van der Waals surface area contributed by atoms with Crippen LogP contribution in [0.5, 0.6) is 0 Å². The standard InChI is InChI=1S/C17H15N5OS/c1-9-5-6-10-12(8-9)24-16-13(10)15-19-14(11-4-2-3-7-18-11)21-22(15)17(23)20-16/h2-4,7,9H,5-6,8H2,1H3,(H,20,23)/t9-/m0/s1. The molecule has 0 amide bonds. The van der Waals surface area contributed by atoms with E-state index >= 15 is 0 Å². The quantitative estimate of drug-likeness (QED) is 0.579. The highest BCUT2D eigenvalue weighted by Crippen LogP contribution is 2.38. The third-order valence-electron chi connectivity index (χ3n) is 4.65. The highest BCUT2D eigenvalue weighted by Gasteiger charge is 2.24. The molecule has 0 radical (unpaired) electrons. The van der Waals surface area contributed by atoms with Gasteiger partial charge in [0.25, 0.3) is 0 Å². The van der Waals surface area contributed by atoms with Gasteiger partial charge < -0.3 is 0 Å². The second kappa shape index (κ2) is 4.98. The molecule has 1 aliphatic carbocycles. The van der Waals surface area contributed by atoms with Crippen molar-refractivity contribution in [1.29, 1.82) is 0 Å². The van der Waals surface area contributed by atoms with Crippen LogP contribution in [0.25, 0.3) is 27.4 Å². The summed E-state index contributed by atoms with van der Waals surface area (Å²) < 4.78 is 1.37. The molecule has 0 aliphatic heterocycles. The molecule has 0 bridgehead atoms. The van der Waals surface area contributed by atoms with Crippen molar-refractivity contribution in [2.75, 3.05) is 0 Å². The molecule has 0 fully saturated rings. The monoisotopic (exact) mass is 337 g/mol. The fourth-order valence-corrected chi connectivity index (χ4v) is 4.84. The Morgan fingerprint density at radius 3 is 3.12 bits per heavy atom. The number of aryl methyl sites for hydroxylation is 1. The zero-order chi connectivity index (χ0) is 16.3. The molecule has 120 valence electrons. The smallest absolute Gasteiger partial charge is 0.297 e. The van der Waals surface area contributed by atoms with Crippen LogP contribution in [-0.4, -0.2) is 24.6 Å². The summed E-state index contributed by atoms with van der Waals surface area (Å²) in [5, 5.41) is 5.43. The predicted octanol–water partition coefficient (Wildman–Crippen LogP) is 2.82. The molecule has 4 heterocycles. The number of hydrogen-bond donors (Lipinski definition) is 1. The lowest BCUT2D eigenvalue weighted by Crippen LogP contribution is -2.17. The first-order chi connectivity index (χ1) is 11.7. The zero-order valence-corrected chi connectivity index (χ0v) is 13.9. The van der Waals surface area contributed by atoms with Crippen molar-refractivity contribution in [3.05, 3.63) is 45.3 Å². The molecule has 0 saturated carbocycles. The molecule has 4 aromatic rings. The molecule has 1 N–H and O–H groups in total. The summed E-state index contributed by atoms with van der Waals surface area (Å²) in [6.07, 6.45) is 4.98. The number of nitrogens with one attached hydrogen (secondary N) is 1. The van der Waals surface area contributed by atoms with Gasteiger partial charge in [-0.1, -0.05) is 13.0 Å². The minimum absolute atomic E-state index is 0.251. The summed E-state index contributed by atoms with van der Waals surface area (Å²) in [6, 6.07) is 5.59. The molecule has 1 atom stereocenters. The van der Waals surface area contributed by atoms with Gasteiger partial charge in [0.1, 0.15) is 10.5 Å². The fourth-order valence-electron chi connectivity index (χ4n) is 3.44. The maximum absolute atomic E-state index is 12.4. The molecule has 0 spiro atoms. The highest BCUT2D eigenvalue weighted by atomic mass is 32.1. The number of aromatic amines is 1. The number of hydrogen-bond acceptors (Lipinski definition) is 5. The predicted molar refractivity (Wildman–Crippen MR) is 93.4 cm³/mol. The van der Waals surface area contributed by atoms with Gasteiger partial charge in [-0.2, -0.15) is 4.52 Å². The Hall–Kier alpha value is -2.54. The number of pyridine rings is 1. The van der Waals surface area contributed by atoms with Crippen LogP contribution in [0.15, 0.2) is 29.2 Å². The molecule has 6 nitrogen and oxygen atoms in total. The number of H-pyrrole nitrogens is 1. The number of aromatic nitrogens is 5. The maximum Gasteiger partial charge on any atom is 0.349 e. The molecule has 24 heavy (non-hydrogen) atoms. The molecule has 4 aromatic heterocycles. The Labute approximate surface area is 141 Å². The van der Waals surface area contributed by atoms with Crippen LogP contribution >= 0.6 is 11.3 Å². The van der Waals surface area contributed by atoms with Crippen LogP contribution in [0.2, 0.25) is 0 Å². The lowest BCUT2D eigenvalue weighted by molar-refractivity contribution is 0.509. The minimum Gasteiger partial charge on any atom is -0.297 e. The average molecular weight is 337 g/mol. The third kappa shape index (κ3) is 1.94. The van der Waals surface area contributed by atoms with Crippen molar-refractivity contribution in [1.82, 2.24) is 24.6 Å². The zero-order valence-electron chi connectivity index (χ0n) is 13.1. The number of nitrogens with zero attached hydrogens (tertiary/aromatic N) is 4. The van der Waals surface area contributed by atoms with Gasteiger partial charge in [-0.3, -0.25) is 9.97 Å². The van der Waals surface area contributed by atoms with Gasteiger partial charge in [0, 0.05) is 11.1 Å². The summed E-state index contributed by atoms with van der Waals surface area (Å²) in [5.41, 5.74) is 2.39. The summed E-state index contributed by atoms with van der Waals surface area (Å²) in [7, 11) is 0. The van der Waals surface area contributed by atoms with Crippen molar-refractivity contribution in [2.45, 2.75) is 26.2 Å². The first kappa shape index (κ1) is 13.9. The van der Waals surface area contributed by atoms with Gasteiger partial charge in [0.15, 0.2) is 5.65 Å². The maximum atomic E-state index is 12.4. The van der Waals surface area contributed by atoms with Crippen LogP contribution in [0.4, 0.5) is 0 Å². The van der Waals surface area contributed by atoms with Crippen LogP contribution < -0.4 is 5.69 Å². The van der Waals surface area contributed by atoms with Crippen molar-refractivity contribution in [3.63, 3.8) is 0 Å². The molecule has 0 saturated heterocycles. The highest BCUT2D eigenvalue weighted by molar-refractivity contribution is 7.19. The summed E-state index contributed by atoms with van der Waals surface area (Å²) in [6.45, 7) is 2.28. The van der Waals surface area contributed by atoms with Crippen molar-refractivity contribution in [2.24, 2.45) is 5.92 Å². The van der Waals surface area contributed by atoms with Crippen LogP contribution in [0, 0.1) is 5.92 Å². The lowest BCUT2D eigenvalue weighted by Gasteiger charge is -2.17. The number of rotatable bonds is 1. The van der Waals surface area contributed by atoms with E-state index < -0.39 is 0 Å². The second-order valence-electron chi connectivity index (χ2n) is 6.37. The Kier molecular flexibility index (Phi) is 2.87. The molecule has 7 heteroatoms. The van der Waals surface area contributed by atoms with E-state index in [1.54, 1.807) is 17.5 Å². The third-order valence-corrected chi connectivity index (χ3v) is 5.82. The van der Waals surface area contributed by atoms with Gasteiger partial charge >= 0.3 is 5.69 Å². The first-order valence-electron chi connectivity index (χ1n) is 8.05. The van der Waals surface area contributed by atoms with Crippen molar-refractivity contribution < 1.29 is 0 Å². The van der Waals surface area contributed by atoms with Gasteiger partial charge in [-0.05, 0) is 42.9 Å². The van der Waals surface area contributed by atoms with Crippen LogP contribution in [0.3, 0.4) is 0 Å². The number of thiophene rings is 1. The molecule has 0 unspecified atom stereocenters. The lowest BCUT2D eigenvalue weighted by atomic mass is 9.89.